The van der Waals surface area contributed by atoms with Crippen molar-refractivity contribution in [2.75, 3.05) is 0 Å². The summed E-state index contributed by atoms with van der Waals surface area (Å²) in [6, 6.07) is 1.61. The second kappa shape index (κ2) is 4.84. The van der Waals surface area contributed by atoms with Gasteiger partial charge in [0.1, 0.15) is 11.6 Å². The molecule has 0 spiro atoms. The van der Waals surface area contributed by atoms with Crippen molar-refractivity contribution < 1.29 is 13.6 Å². The zero-order chi connectivity index (χ0) is 15.0. The van der Waals surface area contributed by atoms with Crippen molar-refractivity contribution in [2.45, 2.75) is 13.8 Å². The van der Waals surface area contributed by atoms with Crippen LogP contribution in [0.15, 0.2) is 27.9 Å². The number of nitrogens with zero attached hydrogens (tertiary/aromatic N) is 1. The van der Waals surface area contributed by atoms with E-state index in [1.807, 2.05) is 0 Å². The van der Waals surface area contributed by atoms with Crippen LogP contribution in [0.3, 0.4) is 0 Å². The number of carbonyl (C=O) groups is 1. The van der Waals surface area contributed by atoms with Crippen LogP contribution in [0.5, 0.6) is 0 Å². The van der Waals surface area contributed by atoms with Gasteiger partial charge >= 0.3 is 5.69 Å². The standard InChI is InChI=1S/C13H10F2N2O3/c1-6-3-10(15)11(4-9(6)14)17-12(19)8(7(2)18)5-16-13(17)20/h3-5H,1-2H3,(H,16,20). The summed E-state index contributed by atoms with van der Waals surface area (Å²) in [5, 5.41) is 0. The molecule has 0 fully saturated rings. The molecule has 0 aliphatic rings. The van der Waals surface area contributed by atoms with Gasteiger partial charge in [0.15, 0.2) is 5.78 Å². The fourth-order valence-electron chi connectivity index (χ4n) is 1.75. The van der Waals surface area contributed by atoms with Crippen LogP contribution in [0.2, 0.25) is 0 Å². The fourth-order valence-corrected chi connectivity index (χ4v) is 1.75. The van der Waals surface area contributed by atoms with E-state index in [0.717, 1.165) is 25.3 Å². The van der Waals surface area contributed by atoms with Crippen LogP contribution in [0.4, 0.5) is 8.78 Å². The van der Waals surface area contributed by atoms with Gasteiger partial charge in [-0.25, -0.2) is 18.1 Å². The minimum Gasteiger partial charge on any atom is -0.313 e. The van der Waals surface area contributed by atoms with E-state index in [2.05, 4.69) is 4.98 Å². The number of ketones is 1. The molecule has 20 heavy (non-hydrogen) atoms. The number of hydrogen-bond acceptors (Lipinski definition) is 3. The zero-order valence-electron chi connectivity index (χ0n) is 10.7. The van der Waals surface area contributed by atoms with Gasteiger partial charge in [-0.15, -0.1) is 0 Å². The van der Waals surface area contributed by atoms with E-state index in [-0.39, 0.29) is 11.1 Å². The summed E-state index contributed by atoms with van der Waals surface area (Å²) in [6.45, 7) is 2.48. The molecule has 1 N–H and O–H groups in total. The van der Waals surface area contributed by atoms with Crippen LogP contribution < -0.4 is 11.2 Å². The number of aryl methyl sites for hydroxylation is 1. The lowest BCUT2D eigenvalue weighted by Crippen LogP contribution is -2.37. The number of Topliss-reactive ketones (excluding diaryl/α,β-unsaturated/α-hetero) is 1. The number of benzene rings is 1. The largest absolute Gasteiger partial charge is 0.333 e. The van der Waals surface area contributed by atoms with Gasteiger partial charge in [-0.05, 0) is 25.5 Å². The monoisotopic (exact) mass is 280 g/mol. The Hall–Kier alpha value is -2.57. The SMILES string of the molecule is CC(=O)c1c[nH]c(=O)n(-c2cc(F)c(C)cc2F)c1=O. The van der Waals surface area contributed by atoms with Crippen molar-refractivity contribution in [2.24, 2.45) is 0 Å². The molecule has 2 aromatic rings. The fraction of sp³-hybridized carbons (Fsp3) is 0.154. The molecule has 0 aliphatic carbocycles. The molecule has 0 amide bonds. The van der Waals surface area contributed by atoms with Crippen molar-refractivity contribution in [3.8, 4) is 5.69 Å². The number of nitrogens with one attached hydrogen (secondary N) is 1. The quantitative estimate of drug-likeness (QED) is 0.843. The van der Waals surface area contributed by atoms with Crippen molar-refractivity contribution in [3.05, 3.63) is 61.9 Å². The minimum atomic E-state index is -0.997. The molecule has 0 saturated carbocycles. The zero-order valence-corrected chi connectivity index (χ0v) is 10.7. The molecule has 0 unspecified atom stereocenters. The van der Waals surface area contributed by atoms with Crippen molar-refractivity contribution in [1.29, 1.82) is 0 Å². The molecule has 0 aliphatic heterocycles. The molecule has 1 aromatic carbocycles. The Bertz CT molecular complexity index is 821. The Morgan fingerprint density at radius 3 is 2.45 bits per heavy atom. The number of aromatic amines is 1. The topological polar surface area (TPSA) is 71.9 Å². The number of aromatic nitrogens is 2. The summed E-state index contributed by atoms with van der Waals surface area (Å²) < 4.78 is 27.7. The third-order valence-corrected chi connectivity index (χ3v) is 2.82. The molecular weight excluding hydrogens is 270 g/mol. The van der Waals surface area contributed by atoms with Gasteiger partial charge in [0.05, 0.1) is 11.3 Å². The van der Waals surface area contributed by atoms with Gasteiger partial charge in [0, 0.05) is 12.3 Å². The highest BCUT2D eigenvalue weighted by Crippen LogP contribution is 2.15. The maximum Gasteiger partial charge on any atom is 0.333 e. The van der Waals surface area contributed by atoms with Crippen LogP contribution in [-0.4, -0.2) is 15.3 Å². The maximum absolute atomic E-state index is 13.8. The molecule has 0 radical (unpaired) electrons. The van der Waals surface area contributed by atoms with E-state index in [1.165, 1.54) is 6.92 Å². The first-order chi connectivity index (χ1) is 9.32. The Morgan fingerprint density at radius 2 is 1.85 bits per heavy atom. The summed E-state index contributed by atoms with van der Waals surface area (Å²) >= 11 is 0. The average molecular weight is 280 g/mol. The van der Waals surface area contributed by atoms with E-state index in [9.17, 15) is 23.2 Å². The highest BCUT2D eigenvalue weighted by Gasteiger charge is 2.16. The minimum absolute atomic E-state index is 0.0402. The number of carbonyl (C=O) groups excluding carboxylic acids is 1. The molecule has 0 atom stereocenters. The maximum atomic E-state index is 13.8. The van der Waals surface area contributed by atoms with Gasteiger partial charge < -0.3 is 4.98 Å². The summed E-state index contributed by atoms with van der Waals surface area (Å²) in [5.74, 6) is -2.29. The first kappa shape index (κ1) is 13.9. The van der Waals surface area contributed by atoms with E-state index in [4.69, 9.17) is 0 Å². The van der Waals surface area contributed by atoms with Crippen LogP contribution in [0, 0.1) is 18.6 Å². The first-order valence-electron chi connectivity index (χ1n) is 5.64. The molecule has 0 saturated heterocycles. The lowest BCUT2D eigenvalue weighted by Gasteiger charge is -2.08. The Labute approximate surface area is 111 Å². The van der Waals surface area contributed by atoms with E-state index < -0.39 is 34.4 Å². The lowest BCUT2D eigenvalue weighted by molar-refractivity contribution is 0.101. The van der Waals surface area contributed by atoms with Crippen molar-refractivity contribution >= 4 is 5.78 Å². The van der Waals surface area contributed by atoms with Crippen LogP contribution in [0.25, 0.3) is 5.69 Å². The van der Waals surface area contributed by atoms with E-state index >= 15 is 0 Å². The predicted molar refractivity (Wildman–Crippen MR) is 67.3 cm³/mol. The highest BCUT2D eigenvalue weighted by molar-refractivity contribution is 5.93. The van der Waals surface area contributed by atoms with Gasteiger partial charge in [-0.2, -0.15) is 0 Å². The Balaban J connectivity index is 2.87. The summed E-state index contributed by atoms with van der Waals surface area (Å²) in [4.78, 5) is 37.1. The van der Waals surface area contributed by atoms with E-state index in [1.54, 1.807) is 0 Å². The van der Waals surface area contributed by atoms with Crippen LogP contribution >= 0.6 is 0 Å². The molecule has 5 nitrogen and oxygen atoms in total. The molecule has 7 heteroatoms. The van der Waals surface area contributed by atoms with E-state index in [0.29, 0.717) is 4.57 Å². The number of H-pyrrole nitrogens is 1. The average Bonchev–Trinajstić information content (AvgIpc) is 2.35. The van der Waals surface area contributed by atoms with Crippen molar-refractivity contribution in [3.63, 3.8) is 0 Å². The number of rotatable bonds is 2. The van der Waals surface area contributed by atoms with Crippen LogP contribution in [0.1, 0.15) is 22.8 Å². The highest BCUT2D eigenvalue weighted by atomic mass is 19.1. The first-order valence-corrected chi connectivity index (χ1v) is 5.64. The van der Waals surface area contributed by atoms with Gasteiger partial charge in [-0.3, -0.25) is 9.59 Å². The van der Waals surface area contributed by atoms with Crippen LogP contribution in [-0.2, 0) is 0 Å². The van der Waals surface area contributed by atoms with Gasteiger partial charge in [-0.1, -0.05) is 0 Å². The molecule has 1 heterocycles. The molecule has 104 valence electrons. The molecule has 0 bridgehead atoms. The lowest BCUT2D eigenvalue weighted by atomic mass is 10.2. The molecule has 2 rings (SSSR count). The summed E-state index contributed by atoms with van der Waals surface area (Å²) in [6.07, 6.45) is 0.950. The third-order valence-electron chi connectivity index (χ3n) is 2.82. The molecular formula is C13H10F2N2O3. The smallest absolute Gasteiger partial charge is 0.313 e. The van der Waals surface area contributed by atoms with Crippen molar-refractivity contribution in [1.82, 2.24) is 9.55 Å². The Morgan fingerprint density at radius 1 is 1.20 bits per heavy atom. The normalized spacial score (nSPS) is 10.6. The van der Waals surface area contributed by atoms with Gasteiger partial charge in [0.25, 0.3) is 5.56 Å². The second-order valence-electron chi connectivity index (χ2n) is 4.26. The number of hydrogen-bond donors (Lipinski definition) is 1. The number of halogens is 2. The summed E-state index contributed by atoms with van der Waals surface area (Å²) in [5.41, 5.74) is -2.77. The van der Waals surface area contributed by atoms with Gasteiger partial charge in [0.2, 0.25) is 0 Å². The summed E-state index contributed by atoms with van der Waals surface area (Å²) in [7, 11) is 0. The second-order valence-corrected chi connectivity index (χ2v) is 4.26. The Kier molecular flexibility index (Phi) is 3.35. The molecule has 1 aromatic heterocycles. The predicted octanol–water partition coefficient (Wildman–Crippen LogP) is 1.32. The third kappa shape index (κ3) is 2.18.